The third-order valence-corrected chi connectivity index (χ3v) is 3.67. The number of nitrogens with one attached hydrogen (secondary N) is 1. The van der Waals surface area contributed by atoms with Crippen molar-refractivity contribution in [2.75, 3.05) is 12.4 Å². The van der Waals surface area contributed by atoms with Crippen LogP contribution in [-0.4, -0.2) is 13.1 Å². The van der Waals surface area contributed by atoms with E-state index in [1.165, 1.54) is 13.2 Å². The minimum atomic E-state index is -4.50. The SMILES string of the molecule is COC(=O)c1oc2ccc(C(F)(F)F)cc2c1Nc1cccc(C)c1. The highest BCUT2D eigenvalue weighted by Gasteiger charge is 2.32. The van der Waals surface area contributed by atoms with Crippen molar-refractivity contribution in [3.05, 3.63) is 59.4 Å². The Kier molecular flexibility index (Phi) is 4.16. The molecule has 1 heterocycles. The zero-order valence-corrected chi connectivity index (χ0v) is 13.4. The second kappa shape index (κ2) is 6.16. The lowest BCUT2D eigenvalue weighted by Gasteiger charge is -2.09. The van der Waals surface area contributed by atoms with Gasteiger partial charge in [0.2, 0.25) is 5.76 Å². The molecule has 7 heteroatoms. The Labute approximate surface area is 141 Å². The van der Waals surface area contributed by atoms with E-state index < -0.39 is 17.7 Å². The number of alkyl halides is 3. The molecule has 0 amide bonds. The van der Waals surface area contributed by atoms with Crippen molar-refractivity contribution in [3.63, 3.8) is 0 Å². The molecular formula is C18H14F3NO3. The second-order valence-electron chi connectivity index (χ2n) is 5.50. The first-order valence-electron chi connectivity index (χ1n) is 7.35. The summed E-state index contributed by atoms with van der Waals surface area (Å²) in [7, 11) is 1.17. The van der Waals surface area contributed by atoms with Crippen LogP contribution in [0.1, 0.15) is 21.7 Å². The van der Waals surface area contributed by atoms with Gasteiger partial charge in [-0.1, -0.05) is 12.1 Å². The monoisotopic (exact) mass is 349 g/mol. The molecule has 0 aliphatic carbocycles. The number of aryl methyl sites for hydroxylation is 1. The van der Waals surface area contributed by atoms with Crippen molar-refractivity contribution in [2.45, 2.75) is 13.1 Å². The normalized spacial score (nSPS) is 11.6. The number of esters is 1. The number of halogens is 3. The van der Waals surface area contributed by atoms with Crippen LogP contribution in [0, 0.1) is 6.92 Å². The van der Waals surface area contributed by atoms with E-state index in [9.17, 15) is 18.0 Å². The Morgan fingerprint density at radius 1 is 1.16 bits per heavy atom. The van der Waals surface area contributed by atoms with E-state index in [0.717, 1.165) is 17.7 Å². The van der Waals surface area contributed by atoms with Crippen LogP contribution in [0.5, 0.6) is 0 Å². The predicted octanol–water partition coefficient (Wildman–Crippen LogP) is 5.29. The summed E-state index contributed by atoms with van der Waals surface area (Å²) in [6, 6.07) is 10.2. The fraction of sp³-hybridized carbons (Fsp3) is 0.167. The molecule has 0 spiro atoms. The minimum absolute atomic E-state index is 0.138. The standard InChI is InChI=1S/C18H14F3NO3/c1-10-4-3-5-12(8-10)22-15-13-9-11(18(19,20)21)6-7-14(13)25-16(15)17(23)24-2/h3-9,22H,1-2H3. The van der Waals surface area contributed by atoms with Gasteiger partial charge < -0.3 is 14.5 Å². The topological polar surface area (TPSA) is 51.5 Å². The summed E-state index contributed by atoms with van der Waals surface area (Å²) >= 11 is 0. The smallest absolute Gasteiger partial charge is 0.416 e. The molecular weight excluding hydrogens is 335 g/mol. The number of methoxy groups -OCH3 is 1. The summed E-state index contributed by atoms with van der Waals surface area (Å²) < 4.78 is 49.1. The molecule has 25 heavy (non-hydrogen) atoms. The highest BCUT2D eigenvalue weighted by atomic mass is 19.4. The first-order valence-corrected chi connectivity index (χ1v) is 7.35. The van der Waals surface area contributed by atoms with Crippen LogP contribution in [0.25, 0.3) is 11.0 Å². The van der Waals surface area contributed by atoms with Crippen molar-refractivity contribution < 1.29 is 27.1 Å². The van der Waals surface area contributed by atoms with Crippen LogP contribution in [0.15, 0.2) is 46.9 Å². The summed E-state index contributed by atoms with van der Waals surface area (Å²) in [5, 5.41) is 3.12. The largest absolute Gasteiger partial charge is 0.463 e. The number of anilines is 2. The van der Waals surface area contributed by atoms with Gasteiger partial charge in [-0.25, -0.2) is 4.79 Å². The van der Waals surface area contributed by atoms with Gasteiger partial charge in [-0.05, 0) is 42.8 Å². The maximum atomic E-state index is 13.0. The molecule has 4 nitrogen and oxygen atoms in total. The maximum Gasteiger partial charge on any atom is 0.416 e. The molecule has 1 aromatic heterocycles. The van der Waals surface area contributed by atoms with Gasteiger partial charge in [0.25, 0.3) is 0 Å². The van der Waals surface area contributed by atoms with E-state index in [-0.39, 0.29) is 22.4 Å². The molecule has 0 radical (unpaired) electrons. The summed E-state index contributed by atoms with van der Waals surface area (Å²) in [5.41, 5.74) is 1.03. The van der Waals surface area contributed by atoms with Crippen molar-refractivity contribution in [1.29, 1.82) is 0 Å². The van der Waals surface area contributed by atoms with Crippen molar-refractivity contribution in [2.24, 2.45) is 0 Å². The minimum Gasteiger partial charge on any atom is -0.463 e. The van der Waals surface area contributed by atoms with E-state index in [1.54, 1.807) is 18.2 Å². The lowest BCUT2D eigenvalue weighted by atomic mass is 10.1. The molecule has 3 aromatic rings. The molecule has 3 rings (SSSR count). The lowest BCUT2D eigenvalue weighted by Crippen LogP contribution is -2.05. The number of ether oxygens (including phenoxy) is 1. The molecule has 0 unspecified atom stereocenters. The predicted molar refractivity (Wildman–Crippen MR) is 87.0 cm³/mol. The molecule has 130 valence electrons. The van der Waals surface area contributed by atoms with Crippen LogP contribution in [0.3, 0.4) is 0 Å². The van der Waals surface area contributed by atoms with E-state index in [4.69, 9.17) is 4.42 Å². The third-order valence-electron chi connectivity index (χ3n) is 3.67. The Balaban J connectivity index is 2.19. The first kappa shape index (κ1) is 16.9. The number of rotatable bonds is 3. The molecule has 0 aliphatic heterocycles. The molecule has 2 aromatic carbocycles. The number of benzene rings is 2. The van der Waals surface area contributed by atoms with E-state index in [0.29, 0.717) is 5.69 Å². The van der Waals surface area contributed by atoms with E-state index in [2.05, 4.69) is 10.1 Å². The average molecular weight is 349 g/mol. The van der Waals surface area contributed by atoms with Gasteiger partial charge in [-0.2, -0.15) is 13.2 Å². The number of furan rings is 1. The first-order chi connectivity index (χ1) is 11.8. The fourth-order valence-corrected chi connectivity index (χ4v) is 2.50. The summed E-state index contributed by atoms with van der Waals surface area (Å²) in [6.07, 6.45) is -4.50. The van der Waals surface area contributed by atoms with Gasteiger partial charge in [0.1, 0.15) is 11.3 Å². The Morgan fingerprint density at radius 3 is 2.56 bits per heavy atom. The Morgan fingerprint density at radius 2 is 1.92 bits per heavy atom. The number of fused-ring (bicyclic) bond motifs is 1. The van der Waals surface area contributed by atoms with Gasteiger partial charge in [0.15, 0.2) is 0 Å². The number of hydrogen-bond donors (Lipinski definition) is 1. The van der Waals surface area contributed by atoms with Crippen molar-refractivity contribution >= 4 is 28.3 Å². The summed E-state index contributed by atoms with van der Waals surface area (Å²) in [5.74, 6) is -0.960. The van der Waals surface area contributed by atoms with Gasteiger partial charge >= 0.3 is 12.1 Å². The van der Waals surface area contributed by atoms with Gasteiger partial charge in [-0.15, -0.1) is 0 Å². The Hall–Kier alpha value is -2.96. The van der Waals surface area contributed by atoms with E-state index in [1.807, 2.05) is 13.0 Å². The van der Waals surface area contributed by atoms with Gasteiger partial charge in [0.05, 0.1) is 12.7 Å². The number of carbonyl (C=O) groups excluding carboxylic acids is 1. The highest BCUT2D eigenvalue weighted by molar-refractivity contribution is 6.05. The van der Waals surface area contributed by atoms with Crippen LogP contribution < -0.4 is 5.32 Å². The number of carbonyl (C=O) groups is 1. The Bertz CT molecular complexity index is 944. The van der Waals surface area contributed by atoms with Crippen molar-refractivity contribution in [3.8, 4) is 0 Å². The average Bonchev–Trinajstić information content (AvgIpc) is 2.91. The second-order valence-corrected chi connectivity index (χ2v) is 5.50. The fourth-order valence-electron chi connectivity index (χ4n) is 2.50. The zero-order chi connectivity index (χ0) is 18.2. The summed E-state index contributed by atoms with van der Waals surface area (Å²) in [6.45, 7) is 1.88. The van der Waals surface area contributed by atoms with Crippen LogP contribution in [-0.2, 0) is 10.9 Å². The third kappa shape index (κ3) is 3.31. The van der Waals surface area contributed by atoms with Gasteiger partial charge in [0, 0.05) is 11.1 Å². The zero-order valence-electron chi connectivity index (χ0n) is 13.4. The molecule has 0 atom stereocenters. The lowest BCUT2D eigenvalue weighted by molar-refractivity contribution is -0.137. The highest BCUT2D eigenvalue weighted by Crippen LogP contribution is 2.38. The summed E-state index contributed by atoms with van der Waals surface area (Å²) in [4.78, 5) is 12.0. The molecule has 0 fully saturated rings. The molecule has 1 N–H and O–H groups in total. The molecule has 0 aliphatic rings. The maximum absolute atomic E-state index is 13.0. The van der Waals surface area contributed by atoms with Crippen LogP contribution >= 0.6 is 0 Å². The van der Waals surface area contributed by atoms with Crippen LogP contribution in [0.4, 0.5) is 24.5 Å². The number of hydrogen-bond acceptors (Lipinski definition) is 4. The molecule has 0 bridgehead atoms. The van der Waals surface area contributed by atoms with E-state index >= 15 is 0 Å². The molecule has 0 saturated heterocycles. The van der Waals surface area contributed by atoms with Gasteiger partial charge in [-0.3, -0.25) is 0 Å². The quantitative estimate of drug-likeness (QED) is 0.653. The van der Waals surface area contributed by atoms with Crippen molar-refractivity contribution in [1.82, 2.24) is 0 Å². The molecule has 0 saturated carbocycles. The van der Waals surface area contributed by atoms with Crippen LogP contribution in [0.2, 0.25) is 0 Å².